The maximum atomic E-state index is 14.0. The van der Waals surface area contributed by atoms with Gasteiger partial charge in [-0.05, 0) is 31.7 Å². The van der Waals surface area contributed by atoms with Crippen molar-refractivity contribution in [3.63, 3.8) is 0 Å². The highest BCUT2D eigenvalue weighted by Gasteiger charge is 2.26. The van der Waals surface area contributed by atoms with E-state index in [0.29, 0.717) is 18.4 Å². The molecule has 1 aromatic carbocycles. The Balaban J connectivity index is 2.12. The molecule has 0 radical (unpaired) electrons. The Morgan fingerprint density at radius 1 is 1.38 bits per heavy atom. The fourth-order valence-electron chi connectivity index (χ4n) is 2.83. The van der Waals surface area contributed by atoms with Crippen LogP contribution in [0.5, 0.6) is 0 Å². The summed E-state index contributed by atoms with van der Waals surface area (Å²) in [5, 5.41) is 9.65. The van der Waals surface area contributed by atoms with Crippen molar-refractivity contribution >= 4 is 17.5 Å². The molecule has 116 valence electrons. The van der Waals surface area contributed by atoms with E-state index < -0.39 is 11.7 Å². The fraction of sp³-hybridized carbons (Fsp3) is 0.533. The van der Waals surface area contributed by atoms with Crippen molar-refractivity contribution < 1.29 is 14.3 Å². The van der Waals surface area contributed by atoms with Gasteiger partial charge in [-0.25, -0.2) is 4.39 Å². The van der Waals surface area contributed by atoms with Crippen molar-refractivity contribution in [2.24, 2.45) is 5.73 Å². The van der Waals surface area contributed by atoms with Gasteiger partial charge >= 0.3 is 0 Å². The van der Waals surface area contributed by atoms with Gasteiger partial charge in [-0.2, -0.15) is 0 Å². The average Bonchev–Trinajstić information content (AvgIpc) is 2.43. The smallest absolute Gasteiger partial charge is 0.231 e. The quantitative estimate of drug-likeness (QED) is 0.874. The molecule has 1 aliphatic carbocycles. The molecule has 1 saturated carbocycles. The predicted octanol–water partition coefficient (Wildman–Crippen LogP) is 2.07. The lowest BCUT2D eigenvalue weighted by atomic mass is 9.91. The van der Waals surface area contributed by atoms with Crippen molar-refractivity contribution in [1.82, 2.24) is 4.90 Å². The molecule has 21 heavy (non-hydrogen) atoms. The van der Waals surface area contributed by atoms with E-state index in [-0.39, 0.29) is 30.3 Å². The van der Waals surface area contributed by atoms with Gasteiger partial charge in [-0.1, -0.05) is 23.7 Å². The summed E-state index contributed by atoms with van der Waals surface area (Å²) in [5.41, 5.74) is 5.75. The number of aliphatic hydroxyl groups excluding tert-OH is 1. The molecule has 6 heteroatoms. The number of nitrogens with zero attached hydrogens (tertiary/aromatic N) is 1. The number of halogens is 2. The van der Waals surface area contributed by atoms with E-state index in [1.54, 1.807) is 12.1 Å². The molecule has 0 unspecified atom stereocenters. The monoisotopic (exact) mass is 314 g/mol. The summed E-state index contributed by atoms with van der Waals surface area (Å²) in [6, 6.07) is 4.97. The van der Waals surface area contributed by atoms with E-state index in [1.807, 2.05) is 4.90 Å². The largest absolute Gasteiger partial charge is 0.393 e. The maximum absolute atomic E-state index is 14.0. The number of amides is 1. The van der Waals surface area contributed by atoms with Gasteiger partial charge in [0, 0.05) is 18.2 Å². The van der Waals surface area contributed by atoms with Gasteiger partial charge in [0.2, 0.25) is 5.91 Å². The van der Waals surface area contributed by atoms with Crippen LogP contribution in [0.4, 0.5) is 4.39 Å². The Hall–Kier alpha value is -1.17. The minimum atomic E-state index is -0.454. The van der Waals surface area contributed by atoms with Gasteiger partial charge in [-0.15, -0.1) is 0 Å². The lowest BCUT2D eigenvalue weighted by molar-refractivity contribution is -0.120. The number of hydrogen-bond donors (Lipinski definition) is 2. The first kappa shape index (κ1) is 16.2. The number of primary amides is 1. The topological polar surface area (TPSA) is 66.6 Å². The molecule has 4 nitrogen and oxygen atoms in total. The molecule has 0 aliphatic heterocycles. The number of carbonyl (C=O) groups excluding carboxylic acids is 1. The van der Waals surface area contributed by atoms with Crippen LogP contribution in [-0.4, -0.2) is 34.6 Å². The highest BCUT2D eigenvalue weighted by atomic mass is 35.5. The highest BCUT2D eigenvalue weighted by Crippen LogP contribution is 2.26. The summed E-state index contributed by atoms with van der Waals surface area (Å²) in [6.07, 6.45) is 2.66. The average molecular weight is 315 g/mol. The van der Waals surface area contributed by atoms with Gasteiger partial charge < -0.3 is 10.8 Å². The zero-order valence-electron chi connectivity index (χ0n) is 11.8. The number of hydrogen-bond acceptors (Lipinski definition) is 3. The van der Waals surface area contributed by atoms with Gasteiger partial charge in [0.05, 0.1) is 17.7 Å². The molecule has 1 aliphatic rings. The molecule has 2 rings (SSSR count). The summed E-state index contributed by atoms with van der Waals surface area (Å²) in [4.78, 5) is 13.1. The van der Waals surface area contributed by atoms with Crippen LogP contribution in [0, 0.1) is 5.82 Å². The first-order valence-electron chi connectivity index (χ1n) is 7.10. The predicted molar refractivity (Wildman–Crippen MR) is 79.3 cm³/mol. The minimum absolute atomic E-state index is 0.0746. The summed E-state index contributed by atoms with van der Waals surface area (Å²) < 4.78 is 14.0. The standard InChI is InChI=1S/C15H20ClFN2O2/c16-13-3-1-2-10(15(13)17)8-19(9-14(18)21)11-4-6-12(20)7-5-11/h1-3,11-12,20H,4-9H2,(H2,18,21). The summed E-state index contributed by atoms with van der Waals surface area (Å²) in [5.74, 6) is -0.895. The third kappa shape index (κ3) is 4.40. The van der Waals surface area contributed by atoms with E-state index in [2.05, 4.69) is 0 Å². The first-order chi connectivity index (χ1) is 9.97. The molecule has 1 fully saturated rings. The lowest BCUT2D eigenvalue weighted by Gasteiger charge is -2.35. The Morgan fingerprint density at radius 2 is 2.05 bits per heavy atom. The van der Waals surface area contributed by atoms with E-state index in [4.69, 9.17) is 17.3 Å². The number of nitrogens with two attached hydrogens (primary N) is 1. The van der Waals surface area contributed by atoms with Gasteiger partial charge in [-0.3, -0.25) is 9.69 Å². The minimum Gasteiger partial charge on any atom is -0.393 e. The third-order valence-electron chi connectivity index (χ3n) is 3.95. The molecular formula is C15H20ClFN2O2. The second-order valence-corrected chi connectivity index (χ2v) is 5.95. The number of rotatable bonds is 5. The lowest BCUT2D eigenvalue weighted by Crippen LogP contribution is -2.43. The van der Waals surface area contributed by atoms with Crippen molar-refractivity contribution in [1.29, 1.82) is 0 Å². The van der Waals surface area contributed by atoms with Crippen LogP contribution < -0.4 is 5.73 Å². The van der Waals surface area contributed by atoms with Crippen LogP contribution in [0.15, 0.2) is 18.2 Å². The molecule has 0 heterocycles. The van der Waals surface area contributed by atoms with E-state index >= 15 is 0 Å². The molecular weight excluding hydrogens is 295 g/mol. The Bertz CT molecular complexity index is 504. The molecule has 0 aromatic heterocycles. The molecule has 1 amide bonds. The summed E-state index contributed by atoms with van der Waals surface area (Å²) in [6.45, 7) is 0.364. The van der Waals surface area contributed by atoms with Crippen LogP contribution in [0.3, 0.4) is 0 Å². The third-order valence-corrected chi connectivity index (χ3v) is 4.24. The van der Waals surface area contributed by atoms with E-state index in [0.717, 1.165) is 12.8 Å². The molecule has 1 aromatic rings. The zero-order chi connectivity index (χ0) is 15.4. The summed E-state index contributed by atoms with van der Waals surface area (Å²) in [7, 11) is 0. The van der Waals surface area contributed by atoms with E-state index in [1.165, 1.54) is 6.07 Å². The Kier molecular flexibility index (Phi) is 5.56. The maximum Gasteiger partial charge on any atom is 0.231 e. The summed E-state index contributed by atoms with van der Waals surface area (Å²) >= 11 is 5.79. The number of aliphatic hydroxyl groups is 1. The van der Waals surface area contributed by atoms with Crippen molar-refractivity contribution in [3.05, 3.63) is 34.6 Å². The SMILES string of the molecule is NC(=O)CN(Cc1cccc(Cl)c1F)C1CCC(O)CC1. The molecule has 3 N–H and O–H groups in total. The highest BCUT2D eigenvalue weighted by molar-refractivity contribution is 6.30. The Morgan fingerprint density at radius 3 is 2.67 bits per heavy atom. The molecule has 0 spiro atoms. The second kappa shape index (κ2) is 7.20. The van der Waals surface area contributed by atoms with Crippen LogP contribution in [-0.2, 0) is 11.3 Å². The normalized spacial score (nSPS) is 22.5. The van der Waals surface area contributed by atoms with Gasteiger partial charge in [0.1, 0.15) is 5.82 Å². The van der Waals surface area contributed by atoms with Crippen LogP contribution in [0.2, 0.25) is 5.02 Å². The number of benzene rings is 1. The van der Waals surface area contributed by atoms with Crippen molar-refractivity contribution in [2.45, 2.75) is 44.4 Å². The van der Waals surface area contributed by atoms with Crippen LogP contribution >= 0.6 is 11.6 Å². The van der Waals surface area contributed by atoms with Crippen molar-refractivity contribution in [3.8, 4) is 0 Å². The van der Waals surface area contributed by atoms with Crippen LogP contribution in [0.25, 0.3) is 0 Å². The molecule has 0 atom stereocenters. The Labute approximate surface area is 128 Å². The van der Waals surface area contributed by atoms with Crippen molar-refractivity contribution in [2.75, 3.05) is 6.54 Å². The molecule has 0 bridgehead atoms. The first-order valence-corrected chi connectivity index (χ1v) is 7.48. The second-order valence-electron chi connectivity index (χ2n) is 5.55. The van der Waals surface area contributed by atoms with Crippen LogP contribution in [0.1, 0.15) is 31.2 Å². The van der Waals surface area contributed by atoms with Gasteiger partial charge in [0.15, 0.2) is 0 Å². The zero-order valence-corrected chi connectivity index (χ0v) is 12.5. The van der Waals surface area contributed by atoms with Gasteiger partial charge in [0.25, 0.3) is 0 Å². The van der Waals surface area contributed by atoms with E-state index in [9.17, 15) is 14.3 Å². The molecule has 0 saturated heterocycles. The fourth-order valence-corrected chi connectivity index (χ4v) is 3.02. The number of carbonyl (C=O) groups is 1.